The van der Waals surface area contributed by atoms with Gasteiger partial charge in [0, 0.05) is 12.3 Å². The fourth-order valence-corrected chi connectivity index (χ4v) is 5.31. The summed E-state index contributed by atoms with van der Waals surface area (Å²) < 4.78 is 34.4. The van der Waals surface area contributed by atoms with Crippen LogP contribution in [-0.4, -0.2) is 25.3 Å². The van der Waals surface area contributed by atoms with Gasteiger partial charge in [0.15, 0.2) is 5.76 Å². The van der Waals surface area contributed by atoms with E-state index in [1.807, 2.05) is 13.0 Å². The van der Waals surface area contributed by atoms with Crippen molar-refractivity contribution in [2.45, 2.75) is 52.4 Å². The Hall–Kier alpha value is -3.55. The zero-order chi connectivity index (χ0) is 24.3. The van der Waals surface area contributed by atoms with Gasteiger partial charge in [-0.3, -0.25) is 0 Å². The lowest BCUT2D eigenvalue weighted by molar-refractivity contribution is 0.185. The van der Waals surface area contributed by atoms with Gasteiger partial charge in [-0.05, 0) is 61.4 Å². The second-order valence-electron chi connectivity index (χ2n) is 9.54. The van der Waals surface area contributed by atoms with Crippen molar-refractivity contribution in [3.63, 3.8) is 0 Å². The molecule has 0 bridgehead atoms. The number of rotatable bonds is 4. The summed E-state index contributed by atoms with van der Waals surface area (Å²) in [6.45, 7) is 10.3. The summed E-state index contributed by atoms with van der Waals surface area (Å²) >= 11 is 0. The molecule has 0 spiro atoms. The predicted molar refractivity (Wildman–Crippen MR) is 123 cm³/mol. The third kappa shape index (κ3) is 3.08. The topological polar surface area (TPSA) is 77.6 Å². The highest BCUT2D eigenvalue weighted by atomic mass is 19.1. The number of nitrogens with zero attached hydrogens (tertiary/aromatic N) is 5. The van der Waals surface area contributed by atoms with E-state index < -0.39 is 17.0 Å². The van der Waals surface area contributed by atoms with Gasteiger partial charge in [-0.1, -0.05) is 32.0 Å². The van der Waals surface area contributed by atoms with Crippen LogP contribution in [0.4, 0.5) is 8.78 Å². The minimum absolute atomic E-state index is 0.0522. The lowest BCUT2D eigenvalue weighted by atomic mass is 9.63. The third-order valence-electron chi connectivity index (χ3n) is 7.44. The van der Waals surface area contributed by atoms with E-state index >= 15 is 0 Å². The molecule has 0 aliphatic heterocycles. The summed E-state index contributed by atoms with van der Waals surface area (Å²) in [6, 6.07) is 9.17. The molecule has 0 fully saturated rings. The summed E-state index contributed by atoms with van der Waals surface area (Å²) in [4.78, 5) is 9.49. The highest BCUT2D eigenvalue weighted by molar-refractivity contribution is 5.63. The highest BCUT2D eigenvalue weighted by Crippen LogP contribution is 2.61. The molecular formula is C26H25F2N5O. The lowest BCUT2D eigenvalue weighted by Crippen LogP contribution is -2.40. The zero-order valence-electron chi connectivity index (χ0n) is 19.7. The molecule has 2 atom stereocenters. The summed E-state index contributed by atoms with van der Waals surface area (Å²) in [5.41, 5.74) is 1.97. The molecule has 34 heavy (non-hydrogen) atoms. The number of hydrogen-bond acceptors (Lipinski definition) is 6. The SMILES string of the molecule is CCC1c2cc(-c3c(F)cccc3F)nnc2C(C)(c2nccc(-c3cc(C)no3)n2)C1(C)C. The Morgan fingerprint density at radius 3 is 2.38 bits per heavy atom. The number of aryl methyl sites for hydroxylation is 1. The van der Waals surface area contributed by atoms with E-state index in [-0.39, 0.29) is 22.6 Å². The van der Waals surface area contributed by atoms with Crippen LogP contribution >= 0.6 is 0 Å². The van der Waals surface area contributed by atoms with Crippen LogP contribution in [0.5, 0.6) is 0 Å². The van der Waals surface area contributed by atoms with Crippen LogP contribution in [0.25, 0.3) is 22.7 Å². The van der Waals surface area contributed by atoms with Crippen molar-refractivity contribution < 1.29 is 13.3 Å². The van der Waals surface area contributed by atoms with Gasteiger partial charge in [-0.2, -0.15) is 5.10 Å². The van der Waals surface area contributed by atoms with Crippen LogP contribution in [0.15, 0.2) is 47.1 Å². The molecule has 1 aliphatic rings. The molecule has 1 aliphatic carbocycles. The van der Waals surface area contributed by atoms with Gasteiger partial charge < -0.3 is 4.52 Å². The Kier molecular flexibility index (Phi) is 5.07. The van der Waals surface area contributed by atoms with Crippen LogP contribution in [0, 0.1) is 24.0 Å². The van der Waals surface area contributed by atoms with Crippen molar-refractivity contribution in [3.05, 3.63) is 77.0 Å². The van der Waals surface area contributed by atoms with Gasteiger partial charge in [0.05, 0.1) is 28.1 Å². The quantitative estimate of drug-likeness (QED) is 0.370. The van der Waals surface area contributed by atoms with Crippen molar-refractivity contribution in [1.82, 2.24) is 25.3 Å². The number of benzene rings is 1. The van der Waals surface area contributed by atoms with E-state index in [0.29, 0.717) is 17.3 Å². The van der Waals surface area contributed by atoms with Crippen molar-refractivity contribution in [1.29, 1.82) is 0 Å². The Morgan fingerprint density at radius 2 is 1.74 bits per heavy atom. The van der Waals surface area contributed by atoms with E-state index in [1.165, 1.54) is 18.2 Å². The lowest BCUT2D eigenvalue weighted by Gasteiger charge is -2.40. The van der Waals surface area contributed by atoms with Gasteiger partial charge >= 0.3 is 0 Å². The molecule has 3 heterocycles. The second-order valence-corrected chi connectivity index (χ2v) is 9.54. The van der Waals surface area contributed by atoms with Crippen LogP contribution in [0.1, 0.15) is 62.8 Å². The van der Waals surface area contributed by atoms with Crippen LogP contribution in [0.3, 0.4) is 0 Å². The monoisotopic (exact) mass is 461 g/mol. The molecule has 3 aromatic heterocycles. The first kappa shape index (κ1) is 22.3. The van der Waals surface area contributed by atoms with Crippen molar-refractivity contribution in [2.75, 3.05) is 0 Å². The highest BCUT2D eigenvalue weighted by Gasteiger charge is 2.58. The van der Waals surface area contributed by atoms with Gasteiger partial charge in [-0.15, -0.1) is 5.10 Å². The van der Waals surface area contributed by atoms with Gasteiger partial charge in [0.2, 0.25) is 0 Å². The van der Waals surface area contributed by atoms with Crippen molar-refractivity contribution in [2.24, 2.45) is 5.41 Å². The third-order valence-corrected chi connectivity index (χ3v) is 7.44. The molecule has 5 rings (SSSR count). The zero-order valence-corrected chi connectivity index (χ0v) is 19.7. The number of fused-ring (bicyclic) bond motifs is 1. The molecule has 4 aromatic rings. The summed E-state index contributed by atoms with van der Waals surface area (Å²) in [7, 11) is 0. The first-order chi connectivity index (χ1) is 16.2. The Bertz CT molecular complexity index is 1380. The van der Waals surface area contributed by atoms with E-state index in [1.54, 1.807) is 18.3 Å². The Balaban J connectivity index is 1.70. The van der Waals surface area contributed by atoms with Gasteiger partial charge in [0.25, 0.3) is 0 Å². The van der Waals surface area contributed by atoms with E-state index in [0.717, 1.165) is 23.4 Å². The first-order valence-electron chi connectivity index (χ1n) is 11.3. The minimum atomic E-state index is -0.701. The number of aromatic nitrogens is 5. The number of halogens is 2. The Morgan fingerprint density at radius 1 is 1.00 bits per heavy atom. The predicted octanol–water partition coefficient (Wildman–Crippen LogP) is 6.01. The van der Waals surface area contributed by atoms with Gasteiger partial charge in [0.1, 0.15) is 23.2 Å². The van der Waals surface area contributed by atoms with E-state index in [2.05, 4.69) is 48.0 Å². The largest absolute Gasteiger partial charge is 0.354 e. The Labute approximate surface area is 196 Å². The molecule has 6 nitrogen and oxygen atoms in total. The summed E-state index contributed by atoms with van der Waals surface area (Å²) in [5.74, 6) is -0.137. The normalized spacial score (nSPS) is 21.0. The average Bonchev–Trinajstić information content (AvgIpc) is 3.31. The molecular weight excluding hydrogens is 436 g/mol. The van der Waals surface area contributed by atoms with Crippen LogP contribution < -0.4 is 0 Å². The van der Waals surface area contributed by atoms with Crippen LogP contribution in [-0.2, 0) is 5.41 Å². The van der Waals surface area contributed by atoms with Crippen molar-refractivity contribution >= 4 is 0 Å². The standard InChI is InChI=1S/C26H25F2N5O/c1-6-16-15-13-20(22-17(27)8-7-9-18(22)28)31-32-23(15)26(5,25(16,3)4)24-29-11-10-19(30-24)21-12-14(2)33-34-21/h7-13,16H,6H2,1-5H3. The maximum absolute atomic E-state index is 14.5. The second kappa shape index (κ2) is 7.75. The molecule has 1 aromatic carbocycles. The molecule has 0 N–H and O–H groups in total. The minimum Gasteiger partial charge on any atom is -0.354 e. The van der Waals surface area contributed by atoms with Gasteiger partial charge in [-0.25, -0.2) is 18.7 Å². The molecule has 0 amide bonds. The smallest absolute Gasteiger partial charge is 0.185 e. The maximum atomic E-state index is 14.5. The maximum Gasteiger partial charge on any atom is 0.185 e. The van der Waals surface area contributed by atoms with Crippen molar-refractivity contribution in [3.8, 4) is 22.7 Å². The van der Waals surface area contributed by atoms with E-state index in [9.17, 15) is 8.78 Å². The average molecular weight is 462 g/mol. The molecule has 0 saturated heterocycles. The van der Waals surface area contributed by atoms with E-state index in [4.69, 9.17) is 9.51 Å². The molecule has 2 unspecified atom stereocenters. The summed E-state index contributed by atoms with van der Waals surface area (Å²) in [6.07, 6.45) is 2.51. The summed E-state index contributed by atoms with van der Waals surface area (Å²) in [5, 5.41) is 12.8. The molecule has 0 saturated carbocycles. The first-order valence-corrected chi connectivity index (χ1v) is 11.3. The molecule has 174 valence electrons. The number of hydrogen-bond donors (Lipinski definition) is 0. The fraction of sp³-hybridized carbons (Fsp3) is 0.346. The molecule has 0 radical (unpaired) electrons. The fourth-order valence-electron chi connectivity index (χ4n) is 5.31. The molecule has 8 heteroatoms. The van der Waals surface area contributed by atoms with Crippen LogP contribution in [0.2, 0.25) is 0 Å².